The molecule has 0 aromatic heterocycles. The van der Waals surface area contributed by atoms with Gasteiger partial charge in [0, 0.05) is 33.1 Å². The topological polar surface area (TPSA) is 73.2 Å². The minimum Gasteiger partial charge on any atom is -0.490 e. The molecule has 1 saturated heterocycles. The molecule has 1 amide bonds. The Bertz CT molecular complexity index is 832. The highest BCUT2D eigenvalue weighted by Crippen LogP contribution is 2.41. The third kappa shape index (κ3) is 6.90. The molecule has 6 nitrogen and oxygen atoms in total. The molecule has 1 aromatic rings. The summed E-state index contributed by atoms with van der Waals surface area (Å²) in [5, 5.41) is 22.8. The number of aryl methyl sites for hydroxylation is 1. The highest BCUT2D eigenvalue weighted by Gasteiger charge is 2.42. The van der Waals surface area contributed by atoms with Gasteiger partial charge in [0.15, 0.2) is 0 Å². The monoisotopic (exact) mass is 464 g/mol. The Labute approximate surface area is 197 Å². The first-order chi connectivity index (χ1) is 15.3. The molecule has 0 unspecified atom stereocenters. The minimum absolute atomic E-state index is 0.0249. The van der Waals surface area contributed by atoms with Crippen molar-refractivity contribution >= 4 is 5.91 Å². The number of rotatable bonds is 5. The van der Waals surface area contributed by atoms with Crippen molar-refractivity contribution in [1.82, 2.24) is 9.80 Å². The zero-order chi connectivity index (χ0) is 24.4. The smallest absolute Gasteiger partial charge is 0.219 e. The number of ether oxygens (including phenoxy) is 1. The van der Waals surface area contributed by atoms with E-state index in [0.717, 1.165) is 25.7 Å². The highest BCUT2D eigenvalue weighted by molar-refractivity contribution is 5.73. The highest BCUT2D eigenvalue weighted by atomic mass is 19.1. The van der Waals surface area contributed by atoms with Crippen LogP contribution in [0.5, 0.6) is 5.75 Å². The maximum atomic E-state index is 13.6. The lowest BCUT2D eigenvalue weighted by Gasteiger charge is -2.43. The summed E-state index contributed by atoms with van der Waals surface area (Å²) in [5.74, 6) is 0.669. The van der Waals surface area contributed by atoms with Crippen molar-refractivity contribution in [3.63, 3.8) is 0 Å². The third-order valence-electron chi connectivity index (χ3n) is 7.43. The summed E-state index contributed by atoms with van der Waals surface area (Å²) >= 11 is 0. The van der Waals surface area contributed by atoms with E-state index in [0.29, 0.717) is 43.4 Å². The lowest BCUT2D eigenvalue weighted by atomic mass is 9.68. The summed E-state index contributed by atoms with van der Waals surface area (Å²) in [5.41, 5.74) is -1.38. The summed E-state index contributed by atoms with van der Waals surface area (Å²) in [6, 6.07) is 4.49. The van der Waals surface area contributed by atoms with Crippen LogP contribution in [0.15, 0.2) is 18.2 Å². The number of benzene rings is 1. The number of β-amino-alcohol motifs (C(OH)–C–C–N with tert-alkyl or cyclic N) is 2. The molecule has 2 aliphatic rings. The molecule has 3 rings (SSSR count). The van der Waals surface area contributed by atoms with Gasteiger partial charge in [-0.1, -0.05) is 20.8 Å². The van der Waals surface area contributed by atoms with Crippen LogP contribution in [0.2, 0.25) is 0 Å². The van der Waals surface area contributed by atoms with Gasteiger partial charge >= 0.3 is 0 Å². The molecule has 1 aliphatic heterocycles. The molecular formula is C26H41FN2O4. The van der Waals surface area contributed by atoms with Gasteiger partial charge in [0.2, 0.25) is 5.91 Å². The van der Waals surface area contributed by atoms with Crippen molar-refractivity contribution in [2.75, 3.05) is 39.3 Å². The number of nitrogens with zero attached hydrogens (tertiary/aromatic N) is 2. The van der Waals surface area contributed by atoms with Gasteiger partial charge < -0.3 is 19.8 Å². The molecule has 1 atom stereocenters. The van der Waals surface area contributed by atoms with Crippen molar-refractivity contribution < 1.29 is 24.1 Å². The standard InChI is InChI=1S/C26H41FN2O4/c1-19-14-22(6-7-23(19)27)33-18-26(32)16-28(12-13-29(17-26)20(2)30)15-25(31)10-8-21(9-11-25)24(3,4)5/h6-7,14,21,31-32H,8-13,15-18H2,1-5H3/t21?,25?,26-/m1/s1. The number of halogens is 1. The second-order valence-corrected chi connectivity index (χ2v) is 11.4. The first-order valence-electron chi connectivity index (χ1n) is 12.1. The zero-order valence-corrected chi connectivity index (χ0v) is 20.9. The molecule has 2 fully saturated rings. The van der Waals surface area contributed by atoms with Crippen LogP contribution in [0.25, 0.3) is 0 Å². The molecule has 7 heteroatoms. The average molecular weight is 465 g/mol. The zero-order valence-electron chi connectivity index (χ0n) is 20.9. The number of carbonyl (C=O) groups excluding carboxylic acids is 1. The second-order valence-electron chi connectivity index (χ2n) is 11.4. The molecule has 0 spiro atoms. The van der Waals surface area contributed by atoms with Crippen LogP contribution in [0, 0.1) is 24.1 Å². The fourth-order valence-electron chi connectivity index (χ4n) is 5.26. The molecule has 1 heterocycles. The molecule has 0 bridgehead atoms. The summed E-state index contributed by atoms with van der Waals surface area (Å²) in [7, 11) is 0. The van der Waals surface area contributed by atoms with Crippen LogP contribution in [0.3, 0.4) is 0 Å². The third-order valence-corrected chi connectivity index (χ3v) is 7.43. The first-order valence-corrected chi connectivity index (χ1v) is 12.1. The minimum atomic E-state index is -1.30. The summed E-state index contributed by atoms with van der Waals surface area (Å²) in [4.78, 5) is 15.9. The first kappa shape index (κ1) is 25.9. The molecule has 1 aliphatic carbocycles. The van der Waals surface area contributed by atoms with Crippen LogP contribution in [0.1, 0.15) is 58.9 Å². The van der Waals surface area contributed by atoms with E-state index in [1.54, 1.807) is 24.0 Å². The Kier molecular flexibility index (Phi) is 7.76. The predicted octanol–water partition coefficient (Wildman–Crippen LogP) is 3.38. The number of amides is 1. The Hall–Kier alpha value is -1.70. The number of carbonyl (C=O) groups is 1. The van der Waals surface area contributed by atoms with Crippen LogP contribution in [0.4, 0.5) is 4.39 Å². The molecule has 1 aromatic carbocycles. The van der Waals surface area contributed by atoms with Crippen LogP contribution in [-0.2, 0) is 4.79 Å². The second kappa shape index (κ2) is 9.88. The number of hydrogen-bond donors (Lipinski definition) is 2. The SMILES string of the molecule is CC(=O)N1CCN(CC2(O)CCC(C(C)(C)C)CC2)C[C@](O)(COc2ccc(F)c(C)c2)C1. The van der Waals surface area contributed by atoms with Gasteiger partial charge in [-0.15, -0.1) is 0 Å². The molecule has 1 saturated carbocycles. The van der Waals surface area contributed by atoms with E-state index < -0.39 is 11.2 Å². The number of aliphatic hydroxyl groups is 2. The van der Waals surface area contributed by atoms with E-state index in [1.807, 2.05) is 0 Å². The van der Waals surface area contributed by atoms with Gasteiger partial charge in [-0.2, -0.15) is 0 Å². The summed E-state index contributed by atoms with van der Waals surface area (Å²) in [6.45, 7) is 11.9. The van der Waals surface area contributed by atoms with Crippen molar-refractivity contribution in [3.8, 4) is 5.75 Å². The van der Waals surface area contributed by atoms with Gasteiger partial charge in [-0.05, 0) is 67.7 Å². The van der Waals surface area contributed by atoms with Gasteiger partial charge in [0.25, 0.3) is 0 Å². The molecule has 2 N–H and O–H groups in total. The Morgan fingerprint density at radius 1 is 1.15 bits per heavy atom. The van der Waals surface area contributed by atoms with Crippen molar-refractivity contribution in [2.45, 2.75) is 71.5 Å². The largest absolute Gasteiger partial charge is 0.490 e. The molecular weight excluding hydrogens is 423 g/mol. The van der Waals surface area contributed by atoms with Crippen molar-refractivity contribution in [3.05, 3.63) is 29.6 Å². The van der Waals surface area contributed by atoms with Gasteiger partial charge in [0.1, 0.15) is 23.8 Å². The quantitative estimate of drug-likeness (QED) is 0.699. The summed E-state index contributed by atoms with van der Waals surface area (Å²) in [6.07, 6.45) is 3.46. The van der Waals surface area contributed by atoms with Crippen LogP contribution < -0.4 is 4.74 Å². The Morgan fingerprint density at radius 2 is 1.82 bits per heavy atom. The van der Waals surface area contributed by atoms with E-state index in [1.165, 1.54) is 13.0 Å². The van der Waals surface area contributed by atoms with Gasteiger partial charge in [0.05, 0.1) is 12.1 Å². The van der Waals surface area contributed by atoms with Crippen LogP contribution >= 0.6 is 0 Å². The van der Waals surface area contributed by atoms with Gasteiger partial charge in [-0.25, -0.2) is 4.39 Å². The Morgan fingerprint density at radius 3 is 2.39 bits per heavy atom. The lowest BCUT2D eigenvalue weighted by Crippen LogP contribution is -2.54. The van der Waals surface area contributed by atoms with E-state index in [4.69, 9.17) is 4.74 Å². The maximum Gasteiger partial charge on any atom is 0.219 e. The molecule has 186 valence electrons. The van der Waals surface area contributed by atoms with E-state index in [9.17, 15) is 19.4 Å². The van der Waals surface area contributed by atoms with Crippen molar-refractivity contribution in [1.29, 1.82) is 0 Å². The Balaban J connectivity index is 1.68. The normalized spacial score (nSPS) is 29.6. The molecule has 0 radical (unpaired) electrons. The van der Waals surface area contributed by atoms with E-state index in [-0.39, 0.29) is 30.3 Å². The maximum absolute atomic E-state index is 13.6. The van der Waals surface area contributed by atoms with Crippen LogP contribution in [-0.4, -0.2) is 76.5 Å². The number of hydrogen-bond acceptors (Lipinski definition) is 5. The fraction of sp³-hybridized carbons (Fsp3) is 0.731. The summed E-state index contributed by atoms with van der Waals surface area (Å²) < 4.78 is 19.4. The van der Waals surface area contributed by atoms with Gasteiger partial charge in [-0.3, -0.25) is 9.69 Å². The average Bonchev–Trinajstić information content (AvgIpc) is 2.87. The van der Waals surface area contributed by atoms with E-state index >= 15 is 0 Å². The lowest BCUT2D eigenvalue weighted by molar-refractivity contribution is -0.132. The predicted molar refractivity (Wildman–Crippen MR) is 127 cm³/mol. The molecule has 33 heavy (non-hydrogen) atoms. The van der Waals surface area contributed by atoms with Crippen molar-refractivity contribution in [2.24, 2.45) is 11.3 Å². The van der Waals surface area contributed by atoms with E-state index in [2.05, 4.69) is 25.7 Å². The fourth-order valence-corrected chi connectivity index (χ4v) is 5.26.